The van der Waals surface area contributed by atoms with Crippen LogP contribution in [0.4, 0.5) is 0 Å². The van der Waals surface area contributed by atoms with E-state index < -0.39 is 0 Å². The van der Waals surface area contributed by atoms with Gasteiger partial charge in [0, 0.05) is 19.1 Å². The lowest BCUT2D eigenvalue weighted by Gasteiger charge is -2.29. The van der Waals surface area contributed by atoms with Gasteiger partial charge in [-0.3, -0.25) is 0 Å². The topological polar surface area (TPSA) is 49.7 Å². The van der Waals surface area contributed by atoms with Gasteiger partial charge in [-0.05, 0) is 30.4 Å². The molecular formula is C13H18O3. The van der Waals surface area contributed by atoms with Crippen molar-refractivity contribution < 1.29 is 14.9 Å². The highest BCUT2D eigenvalue weighted by Crippen LogP contribution is 2.35. The third-order valence-electron chi connectivity index (χ3n) is 3.37. The molecule has 0 aromatic heterocycles. The molecule has 0 amide bonds. The van der Waals surface area contributed by atoms with Gasteiger partial charge in [0.15, 0.2) is 0 Å². The number of para-hydroxylation sites is 1. The molecule has 1 saturated heterocycles. The number of rotatable bonds is 3. The molecule has 3 heteroatoms. The molecule has 1 aromatic rings. The van der Waals surface area contributed by atoms with Gasteiger partial charge in [0.1, 0.15) is 5.75 Å². The molecule has 1 unspecified atom stereocenters. The minimum atomic E-state index is 0.0325. The zero-order chi connectivity index (χ0) is 11.4. The van der Waals surface area contributed by atoms with Crippen molar-refractivity contribution in [2.45, 2.75) is 18.8 Å². The van der Waals surface area contributed by atoms with Crippen molar-refractivity contribution in [3.8, 4) is 5.75 Å². The molecule has 2 N–H and O–H groups in total. The smallest absolute Gasteiger partial charge is 0.119 e. The lowest BCUT2D eigenvalue weighted by atomic mass is 9.81. The molecule has 0 radical (unpaired) electrons. The van der Waals surface area contributed by atoms with Crippen LogP contribution >= 0.6 is 0 Å². The summed E-state index contributed by atoms with van der Waals surface area (Å²) < 4.78 is 5.32. The van der Waals surface area contributed by atoms with Gasteiger partial charge >= 0.3 is 0 Å². The Balaban J connectivity index is 2.18. The third-order valence-corrected chi connectivity index (χ3v) is 3.37. The van der Waals surface area contributed by atoms with Crippen molar-refractivity contribution in [2.75, 3.05) is 19.8 Å². The molecule has 0 bridgehead atoms. The zero-order valence-electron chi connectivity index (χ0n) is 9.30. The SMILES string of the molecule is OCC(c1ccccc1O)C1CCOCC1. The fourth-order valence-electron chi connectivity index (χ4n) is 2.42. The number of aromatic hydroxyl groups is 1. The molecule has 16 heavy (non-hydrogen) atoms. The summed E-state index contributed by atoms with van der Waals surface area (Å²) in [5, 5.41) is 19.3. The first kappa shape index (κ1) is 11.4. The standard InChI is InChI=1S/C13H18O3/c14-9-12(10-5-7-16-8-6-10)11-3-1-2-4-13(11)15/h1-4,10,12,14-15H,5-9H2. The van der Waals surface area contributed by atoms with Crippen LogP contribution in [0, 0.1) is 5.92 Å². The lowest BCUT2D eigenvalue weighted by Crippen LogP contribution is -2.24. The molecular weight excluding hydrogens is 204 g/mol. The van der Waals surface area contributed by atoms with Crippen molar-refractivity contribution in [1.82, 2.24) is 0 Å². The molecule has 3 nitrogen and oxygen atoms in total. The Morgan fingerprint density at radius 1 is 1.25 bits per heavy atom. The monoisotopic (exact) mass is 222 g/mol. The summed E-state index contributed by atoms with van der Waals surface area (Å²) in [6.07, 6.45) is 1.92. The zero-order valence-corrected chi connectivity index (χ0v) is 9.30. The summed E-state index contributed by atoms with van der Waals surface area (Å²) in [6.45, 7) is 1.60. The second-order valence-corrected chi connectivity index (χ2v) is 4.30. The fourth-order valence-corrected chi connectivity index (χ4v) is 2.42. The van der Waals surface area contributed by atoms with Gasteiger partial charge in [0.25, 0.3) is 0 Å². The molecule has 1 fully saturated rings. The van der Waals surface area contributed by atoms with E-state index in [0.29, 0.717) is 5.92 Å². The highest BCUT2D eigenvalue weighted by Gasteiger charge is 2.26. The summed E-state index contributed by atoms with van der Waals surface area (Å²) >= 11 is 0. The van der Waals surface area contributed by atoms with Crippen molar-refractivity contribution in [2.24, 2.45) is 5.92 Å². The molecule has 88 valence electrons. The Bertz CT molecular complexity index is 332. The number of aliphatic hydroxyl groups is 1. The second kappa shape index (κ2) is 5.32. The van der Waals surface area contributed by atoms with Gasteiger partial charge < -0.3 is 14.9 Å². The minimum Gasteiger partial charge on any atom is -0.508 e. The van der Waals surface area contributed by atoms with Crippen LogP contribution in [-0.2, 0) is 4.74 Å². The Labute approximate surface area is 95.7 Å². The number of benzene rings is 1. The normalized spacial score (nSPS) is 19.6. The van der Waals surface area contributed by atoms with E-state index in [9.17, 15) is 10.2 Å². The summed E-state index contributed by atoms with van der Waals surface area (Å²) in [5.41, 5.74) is 0.858. The van der Waals surface area contributed by atoms with Gasteiger partial charge in [0.05, 0.1) is 6.61 Å². The van der Waals surface area contributed by atoms with E-state index in [1.807, 2.05) is 12.1 Å². The predicted molar refractivity (Wildman–Crippen MR) is 61.5 cm³/mol. The quantitative estimate of drug-likeness (QED) is 0.821. The third kappa shape index (κ3) is 2.36. The maximum absolute atomic E-state index is 9.80. The Morgan fingerprint density at radius 3 is 2.56 bits per heavy atom. The Hall–Kier alpha value is -1.06. The lowest BCUT2D eigenvalue weighted by molar-refractivity contribution is 0.0490. The number of phenolic OH excluding ortho intramolecular Hbond substituents is 1. The van der Waals surface area contributed by atoms with Crippen LogP contribution in [0.15, 0.2) is 24.3 Å². The number of hydrogen-bond donors (Lipinski definition) is 2. The minimum absolute atomic E-state index is 0.0325. The number of aliphatic hydroxyl groups excluding tert-OH is 1. The van der Waals surface area contributed by atoms with Gasteiger partial charge in [0.2, 0.25) is 0 Å². The maximum atomic E-state index is 9.80. The first-order valence-corrected chi connectivity index (χ1v) is 5.79. The van der Waals surface area contributed by atoms with E-state index in [-0.39, 0.29) is 18.3 Å². The molecule has 0 aliphatic carbocycles. The van der Waals surface area contributed by atoms with E-state index in [0.717, 1.165) is 31.6 Å². The highest BCUT2D eigenvalue weighted by molar-refractivity contribution is 5.35. The number of ether oxygens (including phenoxy) is 1. The first-order chi connectivity index (χ1) is 7.83. The van der Waals surface area contributed by atoms with Gasteiger partial charge in [-0.2, -0.15) is 0 Å². The summed E-state index contributed by atoms with van der Waals surface area (Å²) in [6, 6.07) is 7.28. The Kier molecular flexibility index (Phi) is 3.80. The molecule has 1 aliphatic heterocycles. The molecule has 1 heterocycles. The van der Waals surface area contributed by atoms with Gasteiger partial charge in [-0.1, -0.05) is 18.2 Å². The van der Waals surface area contributed by atoms with Crippen LogP contribution in [0.5, 0.6) is 5.75 Å². The average molecular weight is 222 g/mol. The largest absolute Gasteiger partial charge is 0.508 e. The second-order valence-electron chi connectivity index (χ2n) is 4.30. The fraction of sp³-hybridized carbons (Fsp3) is 0.538. The molecule has 1 atom stereocenters. The van der Waals surface area contributed by atoms with Crippen molar-refractivity contribution in [3.05, 3.63) is 29.8 Å². The molecule has 0 saturated carbocycles. The van der Waals surface area contributed by atoms with Crippen LogP contribution in [-0.4, -0.2) is 30.0 Å². The predicted octanol–water partition coefficient (Wildman–Crippen LogP) is 1.89. The average Bonchev–Trinajstić information content (AvgIpc) is 2.34. The van der Waals surface area contributed by atoms with Crippen molar-refractivity contribution in [3.63, 3.8) is 0 Å². The van der Waals surface area contributed by atoms with E-state index in [1.54, 1.807) is 12.1 Å². The van der Waals surface area contributed by atoms with Crippen LogP contribution < -0.4 is 0 Å². The molecule has 0 spiro atoms. The molecule has 1 aromatic carbocycles. The summed E-state index contributed by atoms with van der Waals surface area (Å²) in [4.78, 5) is 0. The van der Waals surface area contributed by atoms with E-state index in [2.05, 4.69) is 0 Å². The van der Waals surface area contributed by atoms with Crippen LogP contribution in [0.3, 0.4) is 0 Å². The van der Waals surface area contributed by atoms with E-state index in [1.165, 1.54) is 0 Å². The maximum Gasteiger partial charge on any atom is 0.119 e. The van der Waals surface area contributed by atoms with Gasteiger partial charge in [-0.15, -0.1) is 0 Å². The molecule has 1 aliphatic rings. The van der Waals surface area contributed by atoms with Crippen LogP contribution in [0.25, 0.3) is 0 Å². The van der Waals surface area contributed by atoms with Crippen molar-refractivity contribution in [1.29, 1.82) is 0 Å². The van der Waals surface area contributed by atoms with E-state index in [4.69, 9.17) is 4.74 Å². The highest BCUT2D eigenvalue weighted by atomic mass is 16.5. The van der Waals surface area contributed by atoms with E-state index >= 15 is 0 Å². The first-order valence-electron chi connectivity index (χ1n) is 5.79. The Morgan fingerprint density at radius 2 is 1.94 bits per heavy atom. The van der Waals surface area contributed by atoms with Crippen LogP contribution in [0.1, 0.15) is 24.3 Å². The van der Waals surface area contributed by atoms with Crippen LogP contribution in [0.2, 0.25) is 0 Å². The van der Waals surface area contributed by atoms with Gasteiger partial charge in [-0.25, -0.2) is 0 Å². The van der Waals surface area contributed by atoms with Crippen molar-refractivity contribution >= 4 is 0 Å². The number of phenols is 1. The molecule has 2 rings (SSSR count). The number of hydrogen-bond acceptors (Lipinski definition) is 3. The summed E-state index contributed by atoms with van der Waals surface area (Å²) in [7, 11) is 0. The summed E-state index contributed by atoms with van der Waals surface area (Å²) in [5.74, 6) is 0.727.